The van der Waals surface area contributed by atoms with Crippen molar-refractivity contribution < 1.29 is 9.50 Å². The predicted octanol–water partition coefficient (Wildman–Crippen LogP) is 4.13. The van der Waals surface area contributed by atoms with E-state index in [9.17, 15) is 9.50 Å². The molecule has 2 aromatic carbocycles. The van der Waals surface area contributed by atoms with Gasteiger partial charge in [0.25, 0.3) is 0 Å². The number of aliphatic hydroxyl groups is 1. The molecule has 0 aliphatic carbocycles. The largest absolute Gasteiger partial charge is 0.392 e. The van der Waals surface area contributed by atoms with Crippen LogP contribution in [0.15, 0.2) is 47.5 Å². The maximum atomic E-state index is 13.5. The van der Waals surface area contributed by atoms with E-state index in [1.165, 1.54) is 36.6 Å². The topological polar surface area (TPSA) is 51.1 Å². The van der Waals surface area contributed by atoms with Crippen molar-refractivity contribution >= 4 is 35.6 Å². The molecule has 1 heterocycles. The number of rotatable bonds is 6. The molecule has 0 unspecified atom stereocenters. The number of nitrogens with one attached hydrogen (secondary N) is 1. The fourth-order valence-corrected chi connectivity index (χ4v) is 3.74. The van der Waals surface area contributed by atoms with Gasteiger partial charge in [-0.3, -0.25) is 4.99 Å². The lowest BCUT2D eigenvalue weighted by molar-refractivity contribution is 0.275. The number of benzene rings is 2. The second kappa shape index (κ2) is 12.1. The molecule has 164 valence electrons. The zero-order valence-corrected chi connectivity index (χ0v) is 20.1. The molecule has 0 amide bonds. The van der Waals surface area contributed by atoms with Crippen LogP contribution in [0.4, 0.5) is 10.1 Å². The number of aliphatic hydroxyl groups excluding tert-OH is 1. The number of hydrogen-bond donors (Lipinski definition) is 2. The Hall–Kier alpha value is -1.87. The summed E-state index contributed by atoms with van der Waals surface area (Å²) < 4.78 is 13.5. The summed E-state index contributed by atoms with van der Waals surface area (Å²) in [5.41, 5.74) is 3.73. The average molecular weight is 526 g/mol. The van der Waals surface area contributed by atoms with Crippen molar-refractivity contribution in [3.8, 4) is 0 Å². The van der Waals surface area contributed by atoms with E-state index < -0.39 is 0 Å². The molecular formula is C23H32FIN4O. The number of hydrogen-bond acceptors (Lipinski definition) is 3. The number of halogens is 2. The highest BCUT2D eigenvalue weighted by molar-refractivity contribution is 14.0. The zero-order chi connectivity index (χ0) is 20.6. The molecule has 2 N–H and O–H groups in total. The average Bonchev–Trinajstić information content (AvgIpc) is 2.76. The Morgan fingerprint density at radius 1 is 1.10 bits per heavy atom. The van der Waals surface area contributed by atoms with E-state index in [1.807, 2.05) is 7.05 Å². The van der Waals surface area contributed by atoms with Crippen molar-refractivity contribution in [1.82, 2.24) is 10.2 Å². The third kappa shape index (κ3) is 6.57. The maximum Gasteiger partial charge on any atom is 0.193 e. The van der Waals surface area contributed by atoms with Crippen LogP contribution in [0.25, 0.3) is 0 Å². The van der Waals surface area contributed by atoms with E-state index in [0.717, 1.165) is 31.2 Å². The first kappa shape index (κ1) is 24.4. The highest BCUT2D eigenvalue weighted by atomic mass is 127. The first-order chi connectivity index (χ1) is 14.1. The van der Waals surface area contributed by atoms with Crippen molar-refractivity contribution in [3.63, 3.8) is 0 Å². The van der Waals surface area contributed by atoms with Gasteiger partial charge in [0.2, 0.25) is 0 Å². The van der Waals surface area contributed by atoms with Crippen LogP contribution in [0, 0.1) is 5.82 Å². The van der Waals surface area contributed by atoms with E-state index in [1.54, 1.807) is 19.2 Å². The molecule has 0 saturated carbocycles. The first-order valence-corrected chi connectivity index (χ1v) is 10.2. The van der Waals surface area contributed by atoms with E-state index >= 15 is 0 Å². The van der Waals surface area contributed by atoms with E-state index in [-0.39, 0.29) is 36.4 Å². The lowest BCUT2D eigenvalue weighted by atomic mass is 10.1. The third-order valence-corrected chi connectivity index (χ3v) is 5.38. The van der Waals surface area contributed by atoms with Gasteiger partial charge in [-0.05, 0) is 54.7 Å². The van der Waals surface area contributed by atoms with Crippen LogP contribution >= 0.6 is 24.0 Å². The molecule has 0 spiro atoms. The SMILES string of the molecule is CN=C(NCc1ccc(F)c(CO)c1)N(C)Cc1ccc(N2CCCCC2)cc1.I. The number of piperidine rings is 1. The highest BCUT2D eigenvalue weighted by Crippen LogP contribution is 2.20. The van der Waals surface area contributed by atoms with Gasteiger partial charge in [-0.15, -0.1) is 24.0 Å². The smallest absolute Gasteiger partial charge is 0.193 e. The minimum absolute atomic E-state index is 0. The van der Waals surface area contributed by atoms with Crippen molar-refractivity contribution in [2.24, 2.45) is 4.99 Å². The van der Waals surface area contributed by atoms with Gasteiger partial charge >= 0.3 is 0 Å². The second-order valence-corrected chi connectivity index (χ2v) is 7.55. The lowest BCUT2D eigenvalue weighted by Gasteiger charge is -2.29. The van der Waals surface area contributed by atoms with Gasteiger partial charge in [-0.25, -0.2) is 4.39 Å². The Balaban J connectivity index is 0.00000320. The van der Waals surface area contributed by atoms with E-state index in [0.29, 0.717) is 12.1 Å². The van der Waals surface area contributed by atoms with E-state index in [4.69, 9.17) is 0 Å². The molecule has 1 aliphatic heterocycles. The van der Waals surface area contributed by atoms with Crippen LogP contribution in [0.5, 0.6) is 0 Å². The van der Waals surface area contributed by atoms with Crippen molar-refractivity contribution in [2.45, 2.75) is 39.0 Å². The molecule has 1 aliphatic rings. The first-order valence-electron chi connectivity index (χ1n) is 10.2. The normalized spacial score (nSPS) is 14.3. The van der Waals surface area contributed by atoms with Gasteiger partial charge < -0.3 is 20.2 Å². The van der Waals surface area contributed by atoms with Crippen LogP contribution < -0.4 is 10.2 Å². The molecule has 30 heavy (non-hydrogen) atoms. The quantitative estimate of drug-likeness (QED) is 0.338. The van der Waals surface area contributed by atoms with Crippen LogP contribution in [0.3, 0.4) is 0 Å². The molecule has 0 aromatic heterocycles. The van der Waals surface area contributed by atoms with Gasteiger partial charge in [0.05, 0.1) is 6.61 Å². The van der Waals surface area contributed by atoms with Gasteiger partial charge in [-0.2, -0.15) is 0 Å². The maximum absolute atomic E-state index is 13.5. The monoisotopic (exact) mass is 526 g/mol. The minimum atomic E-state index is -0.384. The van der Waals surface area contributed by atoms with Crippen LogP contribution in [-0.2, 0) is 19.7 Å². The third-order valence-electron chi connectivity index (χ3n) is 5.38. The molecule has 0 bridgehead atoms. The summed E-state index contributed by atoms with van der Waals surface area (Å²) in [5, 5.41) is 12.5. The Labute approximate surface area is 196 Å². The number of nitrogens with zero attached hydrogens (tertiary/aromatic N) is 3. The Bertz CT molecular complexity index is 822. The number of anilines is 1. The minimum Gasteiger partial charge on any atom is -0.392 e. The predicted molar refractivity (Wildman–Crippen MR) is 132 cm³/mol. The van der Waals surface area contributed by atoms with Gasteiger partial charge in [0.1, 0.15) is 5.82 Å². The fourth-order valence-electron chi connectivity index (χ4n) is 3.74. The lowest BCUT2D eigenvalue weighted by Crippen LogP contribution is -2.38. The van der Waals surface area contributed by atoms with Crippen molar-refractivity contribution in [3.05, 3.63) is 65.0 Å². The zero-order valence-electron chi connectivity index (χ0n) is 17.8. The number of guanidine groups is 1. The molecule has 0 radical (unpaired) electrons. The molecule has 7 heteroatoms. The Morgan fingerprint density at radius 2 is 1.77 bits per heavy atom. The molecule has 1 saturated heterocycles. The standard InChI is InChI=1S/C23H31FN4O.HI/c1-25-23(26-15-19-8-11-22(24)20(14-19)17-29)27(2)16-18-6-9-21(10-7-18)28-12-4-3-5-13-28;/h6-11,14,29H,3-5,12-13,15-17H2,1-2H3,(H,25,26);1H. The summed E-state index contributed by atoms with van der Waals surface area (Å²) in [6.07, 6.45) is 3.89. The number of aliphatic imine (C=N–C) groups is 1. The van der Waals surface area contributed by atoms with Crippen molar-refractivity contribution in [1.29, 1.82) is 0 Å². The molecule has 1 fully saturated rings. The van der Waals surface area contributed by atoms with Crippen LogP contribution in [0.2, 0.25) is 0 Å². The van der Waals surface area contributed by atoms with Crippen LogP contribution in [0.1, 0.15) is 36.0 Å². The summed E-state index contributed by atoms with van der Waals surface area (Å²) in [6.45, 7) is 3.25. The van der Waals surface area contributed by atoms with Gasteiger partial charge in [0.15, 0.2) is 5.96 Å². The summed E-state index contributed by atoms with van der Waals surface area (Å²) in [7, 11) is 3.75. The molecule has 3 rings (SSSR count). The molecule has 5 nitrogen and oxygen atoms in total. The highest BCUT2D eigenvalue weighted by Gasteiger charge is 2.12. The molecule has 2 aromatic rings. The summed E-state index contributed by atoms with van der Waals surface area (Å²) >= 11 is 0. The Morgan fingerprint density at radius 3 is 2.40 bits per heavy atom. The Kier molecular flexibility index (Phi) is 9.84. The summed E-state index contributed by atoms with van der Waals surface area (Å²) in [5.74, 6) is 0.380. The van der Waals surface area contributed by atoms with Gasteiger partial charge in [-0.1, -0.05) is 18.2 Å². The van der Waals surface area contributed by atoms with E-state index in [2.05, 4.69) is 44.4 Å². The summed E-state index contributed by atoms with van der Waals surface area (Å²) in [4.78, 5) is 8.87. The van der Waals surface area contributed by atoms with Crippen LogP contribution in [-0.4, -0.2) is 43.2 Å². The summed E-state index contributed by atoms with van der Waals surface area (Å²) in [6, 6.07) is 13.6. The fraction of sp³-hybridized carbons (Fsp3) is 0.435. The molecule has 0 atom stereocenters. The second-order valence-electron chi connectivity index (χ2n) is 7.55. The van der Waals surface area contributed by atoms with Gasteiger partial charge in [0, 0.05) is 51.5 Å². The molecular weight excluding hydrogens is 494 g/mol. The van der Waals surface area contributed by atoms with Crippen molar-refractivity contribution in [2.75, 3.05) is 32.1 Å².